The molecule has 0 aromatic heterocycles. The highest BCUT2D eigenvalue weighted by molar-refractivity contribution is 9.10. The Kier molecular flexibility index (Phi) is 19.9. The van der Waals surface area contributed by atoms with Gasteiger partial charge in [0, 0.05) is 0 Å². The van der Waals surface area contributed by atoms with E-state index in [9.17, 15) is 9.59 Å². The van der Waals surface area contributed by atoms with E-state index >= 15 is 0 Å². The third kappa shape index (κ3) is 23.9. The zero-order valence-corrected chi connectivity index (χ0v) is 23.5. The molecule has 0 aliphatic heterocycles. The van der Waals surface area contributed by atoms with Crippen LogP contribution in [0.2, 0.25) is 0 Å². The molecule has 31 heavy (non-hydrogen) atoms. The smallest absolute Gasteiger partial charge is 0.322 e. The fourth-order valence-corrected chi connectivity index (χ4v) is 2.53. The first-order valence-electron chi connectivity index (χ1n) is 11.3. The average molecular weight is 568 g/mol. The molecule has 0 aromatic carbocycles. The number of carbonyl (C=O) groups is 2. The molecule has 0 bridgehead atoms. The molecule has 0 atom stereocenters. The number of hydrogen-bond acceptors (Lipinski definition) is 4. The molecule has 0 N–H and O–H groups in total. The van der Waals surface area contributed by atoms with E-state index in [2.05, 4.69) is 51.9 Å². The van der Waals surface area contributed by atoms with E-state index in [4.69, 9.17) is 9.47 Å². The van der Waals surface area contributed by atoms with Crippen LogP contribution in [0, 0.1) is 0 Å². The number of alkyl halides is 2. The van der Waals surface area contributed by atoms with Gasteiger partial charge in [-0.3, -0.25) is 9.59 Å². The van der Waals surface area contributed by atoms with Crippen molar-refractivity contribution in [2.75, 3.05) is 13.2 Å². The molecule has 182 valence electrons. The number of hydrogen-bond donors (Lipinski definition) is 0. The van der Waals surface area contributed by atoms with Crippen LogP contribution in [0.25, 0.3) is 0 Å². The van der Waals surface area contributed by atoms with Crippen LogP contribution in [-0.2, 0) is 19.1 Å². The van der Waals surface area contributed by atoms with Gasteiger partial charge < -0.3 is 9.47 Å². The Hall–Kier alpha value is -0.620. The highest BCUT2D eigenvalue weighted by Crippen LogP contribution is 2.18. The third-order valence-corrected chi connectivity index (χ3v) is 4.89. The zero-order valence-electron chi connectivity index (χ0n) is 20.4. The van der Waals surface area contributed by atoms with Crippen molar-refractivity contribution in [2.45, 2.75) is 107 Å². The fraction of sp³-hybridized carbons (Fsp3) is 0.760. The van der Waals surface area contributed by atoms with Crippen molar-refractivity contribution in [1.29, 1.82) is 0 Å². The van der Waals surface area contributed by atoms with Crippen LogP contribution in [0.1, 0.15) is 98.8 Å². The minimum Gasteiger partial charge on any atom is -0.465 e. The van der Waals surface area contributed by atoms with E-state index in [-0.39, 0.29) is 11.9 Å². The predicted octanol–water partition coefficient (Wildman–Crippen LogP) is 8.07. The first-order valence-corrected chi connectivity index (χ1v) is 12.9. The maximum absolute atomic E-state index is 11.4. The number of allylic oxidation sites excluding steroid dienone is 2. The Morgan fingerprint density at radius 2 is 1.16 bits per heavy atom. The van der Waals surface area contributed by atoms with Crippen molar-refractivity contribution in [3.8, 4) is 0 Å². The summed E-state index contributed by atoms with van der Waals surface area (Å²) in [4.78, 5) is 22.7. The van der Waals surface area contributed by atoms with E-state index in [0.717, 1.165) is 44.9 Å². The van der Waals surface area contributed by atoms with Gasteiger partial charge in [0.05, 0.1) is 13.2 Å². The summed E-state index contributed by atoms with van der Waals surface area (Å²) < 4.78 is 9.10. The van der Waals surface area contributed by atoms with Gasteiger partial charge in [0.2, 0.25) is 0 Å². The molecule has 0 saturated heterocycles. The van der Waals surface area contributed by atoms with Crippen LogP contribution in [0.5, 0.6) is 0 Å². The van der Waals surface area contributed by atoms with Gasteiger partial charge >= 0.3 is 11.9 Å². The fourth-order valence-electron chi connectivity index (χ4n) is 2.30. The van der Waals surface area contributed by atoms with Crippen LogP contribution >= 0.6 is 31.9 Å². The highest BCUT2D eigenvalue weighted by atomic mass is 79.9. The Morgan fingerprint density at radius 1 is 0.774 bits per heavy atom. The molecule has 6 heteroatoms. The highest BCUT2D eigenvalue weighted by Gasteiger charge is 2.25. The van der Waals surface area contributed by atoms with Gasteiger partial charge in [-0.2, -0.15) is 0 Å². The summed E-state index contributed by atoms with van der Waals surface area (Å²) in [7, 11) is 0. The SMILES string of the molecule is C=C(C)CCCCCCCOC(=O)C(C)(C)Br.C=CCCCCCOC(=O)C(C)(C)Br. The molecule has 0 unspecified atom stereocenters. The quantitative estimate of drug-likeness (QED) is 0.0818. The maximum Gasteiger partial charge on any atom is 0.322 e. The summed E-state index contributed by atoms with van der Waals surface area (Å²) in [5.74, 6) is -0.374. The third-order valence-electron chi connectivity index (χ3n) is 4.24. The minimum absolute atomic E-state index is 0.181. The second-order valence-corrected chi connectivity index (χ2v) is 12.8. The molecular formula is C25H44Br2O4. The van der Waals surface area contributed by atoms with Gasteiger partial charge in [-0.1, -0.05) is 62.8 Å². The lowest BCUT2D eigenvalue weighted by Gasteiger charge is -2.14. The summed E-state index contributed by atoms with van der Waals surface area (Å²) in [5, 5.41) is 0. The van der Waals surface area contributed by atoms with Crippen LogP contribution in [0.4, 0.5) is 0 Å². The van der Waals surface area contributed by atoms with Crippen molar-refractivity contribution in [1.82, 2.24) is 0 Å². The molecule has 0 amide bonds. The average Bonchev–Trinajstić information content (AvgIpc) is 2.65. The second-order valence-electron chi connectivity index (χ2n) is 8.83. The summed E-state index contributed by atoms with van der Waals surface area (Å²) in [5.41, 5.74) is 1.26. The van der Waals surface area contributed by atoms with Gasteiger partial charge in [0.25, 0.3) is 0 Å². The maximum atomic E-state index is 11.4. The number of esters is 2. The molecule has 0 radical (unpaired) electrons. The van der Waals surface area contributed by atoms with E-state index < -0.39 is 8.65 Å². The van der Waals surface area contributed by atoms with E-state index in [1.54, 1.807) is 27.7 Å². The topological polar surface area (TPSA) is 52.6 Å². The molecule has 0 heterocycles. The van der Waals surface area contributed by atoms with Gasteiger partial charge in [0.15, 0.2) is 0 Å². The lowest BCUT2D eigenvalue weighted by Crippen LogP contribution is -2.26. The summed E-state index contributed by atoms with van der Waals surface area (Å²) in [6.45, 7) is 17.8. The lowest BCUT2D eigenvalue weighted by atomic mass is 10.1. The van der Waals surface area contributed by atoms with Crippen molar-refractivity contribution in [2.24, 2.45) is 0 Å². The van der Waals surface area contributed by atoms with E-state index in [1.165, 1.54) is 24.8 Å². The summed E-state index contributed by atoms with van der Waals surface area (Å²) in [6, 6.07) is 0. The van der Waals surface area contributed by atoms with Crippen LogP contribution in [0.3, 0.4) is 0 Å². The van der Waals surface area contributed by atoms with Crippen LogP contribution in [-0.4, -0.2) is 33.8 Å². The Balaban J connectivity index is 0. The van der Waals surface area contributed by atoms with Crippen molar-refractivity contribution in [3.05, 3.63) is 24.8 Å². The molecule has 0 aromatic rings. The first-order chi connectivity index (χ1) is 14.3. The molecule has 0 saturated carbocycles. The number of unbranched alkanes of at least 4 members (excludes halogenated alkanes) is 7. The van der Waals surface area contributed by atoms with Crippen LogP contribution in [0.15, 0.2) is 24.8 Å². The Labute approximate surface area is 207 Å². The zero-order chi connectivity index (χ0) is 24.3. The summed E-state index contributed by atoms with van der Waals surface area (Å²) >= 11 is 6.53. The minimum atomic E-state index is -0.561. The molecule has 0 aliphatic carbocycles. The first kappa shape index (κ1) is 32.6. The van der Waals surface area contributed by atoms with Gasteiger partial charge in [-0.15, -0.1) is 13.2 Å². The monoisotopic (exact) mass is 566 g/mol. The van der Waals surface area contributed by atoms with Crippen molar-refractivity contribution in [3.63, 3.8) is 0 Å². The predicted molar refractivity (Wildman–Crippen MR) is 139 cm³/mol. The number of rotatable bonds is 16. The molecule has 0 fully saturated rings. The number of carbonyl (C=O) groups excluding carboxylic acids is 2. The van der Waals surface area contributed by atoms with E-state index in [1.807, 2.05) is 6.08 Å². The van der Waals surface area contributed by atoms with Crippen LogP contribution < -0.4 is 0 Å². The Bertz CT molecular complexity index is 517. The molecule has 0 rings (SSSR count). The number of halogens is 2. The standard InChI is InChI=1S/C14H25BrO2.C11H19BrO2/c1-12(2)10-8-6-5-7-9-11-17-13(16)14(3,4)15;1-4-5-6-7-8-9-14-10(13)11(2,3)12/h1,5-11H2,2-4H3;4H,1,5-9H2,2-3H3. The lowest BCUT2D eigenvalue weighted by molar-refractivity contribution is -0.146. The second kappa shape index (κ2) is 18.9. The van der Waals surface area contributed by atoms with E-state index in [0.29, 0.717) is 13.2 Å². The molecular weight excluding hydrogens is 524 g/mol. The van der Waals surface area contributed by atoms with Crippen molar-refractivity contribution < 1.29 is 19.1 Å². The summed E-state index contributed by atoms with van der Waals surface area (Å²) in [6.07, 6.45) is 13.0. The molecule has 0 spiro atoms. The Morgan fingerprint density at radius 3 is 1.55 bits per heavy atom. The molecule has 4 nitrogen and oxygen atoms in total. The van der Waals surface area contributed by atoms with Crippen molar-refractivity contribution >= 4 is 43.8 Å². The van der Waals surface area contributed by atoms with Gasteiger partial charge in [-0.25, -0.2) is 0 Å². The van der Waals surface area contributed by atoms with Gasteiger partial charge in [-0.05, 0) is 79.6 Å². The molecule has 0 aliphatic rings. The van der Waals surface area contributed by atoms with Gasteiger partial charge in [0.1, 0.15) is 8.65 Å². The largest absolute Gasteiger partial charge is 0.465 e. The number of ether oxygens (including phenoxy) is 2. The normalized spacial score (nSPS) is 11.2.